The Bertz CT molecular complexity index is 1080. The van der Waals surface area contributed by atoms with Crippen molar-refractivity contribution >= 4 is 38.9 Å². The smallest absolute Gasteiger partial charge is 0.349 e. The lowest BCUT2D eigenvalue weighted by Gasteiger charge is -2.11. The average Bonchev–Trinajstić information content (AvgIpc) is 3.34. The Kier molecular flexibility index (Phi) is 3.98. The van der Waals surface area contributed by atoms with Crippen LogP contribution in [0.3, 0.4) is 0 Å². The number of nitrogens with one attached hydrogen (secondary N) is 1. The third-order valence-electron chi connectivity index (χ3n) is 3.64. The maximum atomic E-state index is 12.5. The van der Waals surface area contributed by atoms with Gasteiger partial charge >= 0.3 is 5.97 Å². The topological polar surface area (TPSA) is 85.2 Å². The van der Waals surface area contributed by atoms with E-state index in [-0.39, 0.29) is 5.56 Å². The number of esters is 1. The molecule has 0 bridgehead atoms. The normalized spacial score (nSPS) is 12.4. The molecule has 0 aromatic carbocycles. The van der Waals surface area contributed by atoms with E-state index >= 15 is 0 Å². The third kappa shape index (κ3) is 2.90. The number of ether oxygens (including phenoxy) is 1. The summed E-state index contributed by atoms with van der Waals surface area (Å²) in [5.74, 6) is 0.492. The number of carbonyl (C=O) groups excluding carboxylic acids is 1. The van der Waals surface area contributed by atoms with E-state index in [1.165, 1.54) is 22.7 Å². The van der Waals surface area contributed by atoms with Crippen LogP contribution in [0.15, 0.2) is 50.5 Å². The van der Waals surface area contributed by atoms with Crippen LogP contribution in [0.1, 0.15) is 28.5 Å². The van der Waals surface area contributed by atoms with Gasteiger partial charge in [-0.25, -0.2) is 9.78 Å². The highest BCUT2D eigenvalue weighted by Crippen LogP contribution is 2.31. The standard InChI is InChI=1S/C17H12N2O4S2/c1-9(23-17(21)12-5-3-7-24-12)14-18-15(20)13-10(8-25-16(13)19-14)11-4-2-6-22-11/h2-9H,1H3,(H,18,19,20)/t9-/m0/s1. The first-order valence-corrected chi connectivity index (χ1v) is 9.19. The van der Waals surface area contributed by atoms with Crippen LogP contribution in [-0.2, 0) is 4.74 Å². The van der Waals surface area contributed by atoms with Crippen molar-refractivity contribution in [2.45, 2.75) is 13.0 Å². The number of aromatic nitrogens is 2. The van der Waals surface area contributed by atoms with Gasteiger partial charge in [-0.15, -0.1) is 22.7 Å². The van der Waals surface area contributed by atoms with Gasteiger partial charge in [0, 0.05) is 10.9 Å². The van der Waals surface area contributed by atoms with Crippen LogP contribution in [0.25, 0.3) is 21.5 Å². The van der Waals surface area contributed by atoms with Crippen molar-refractivity contribution in [2.75, 3.05) is 0 Å². The number of furan rings is 1. The molecule has 126 valence electrons. The van der Waals surface area contributed by atoms with E-state index in [0.29, 0.717) is 32.2 Å². The minimum absolute atomic E-state index is 0.285. The zero-order valence-electron chi connectivity index (χ0n) is 13.0. The van der Waals surface area contributed by atoms with Gasteiger partial charge in [0.1, 0.15) is 15.5 Å². The van der Waals surface area contributed by atoms with Gasteiger partial charge in [0.15, 0.2) is 11.9 Å². The highest BCUT2D eigenvalue weighted by Gasteiger charge is 2.20. The van der Waals surface area contributed by atoms with Crippen molar-refractivity contribution < 1.29 is 13.9 Å². The highest BCUT2D eigenvalue weighted by atomic mass is 32.1. The molecule has 0 aliphatic carbocycles. The fraction of sp³-hybridized carbons (Fsp3) is 0.118. The number of fused-ring (bicyclic) bond motifs is 1. The predicted molar refractivity (Wildman–Crippen MR) is 96.1 cm³/mol. The van der Waals surface area contributed by atoms with Gasteiger partial charge in [-0.05, 0) is 30.5 Å². The van der Waals surface area contributed by atoms with Gasteiger partial charge < -0.3 is 14.1 Å². The quantitative estimate of drug-likeness (QED) is 0.542. The summed E-state index contributed by atoms with van der Waals surface area (Å²) in [6.07, 6.45) is 0.891. The molecule has 0 saturated carbocycles. The Balaban J connectivity index is 1.67. The Hall–Kier alpha value is -2.71. The molecule has 0 saturated heterocycles. The number of aromatic amines is 1. The number of thiophene rings is 2. The van der Waals surface area contributed by atoms with Crippen molar-refractivity contribution in [3.63, 3.8) is 0 Å². The van der Waals surface area contributed by atoms with Crippen molar-refractivity contribution in [3.05, 3.63) is 62.3 Å². The molecule has 4 aromatic heterocycles. The monoisotopic (exact) mass is 372 g/mol. The summed E-state index contributed by atoms with van der Waals surface area (Å²) < 4.78 is 10.8. The maximum absolute atomic E-state index is 12.5. The lowest BCUT2D eigenvalue weighted by Crippen LogP contribution is -2.16. The molecule has 0 aliphatic rings. The van der Waals surface area contributed by atoms with Gasteiger partial charge in [-0.1, -0.05) is 6.07 Å². The van der Waals surface area contributed by atoms with E-state index < -0.39 is 12.1 Å². The van der Waals surface area contributed by atoms with Crippen LogP contribution in [0, 0.1) is 0 Å². The molecule has 0 unspecified atom stereocenters. The molecular weight excluding hydrogens is 360 g/mol. The molecule has 1 atom stereocenters. The van der Waals surface area contributed by atoms with Gasteiger partial charge in [0.05, 0.1) is 11.6 Å². The van der Waals surface area contributed by atoms with E-state index in [9.17, 15) is 9.59 Å². The Morgan fingerprint density at radius 1 is 1.32 bits per heavy atom. The Morgan fingerprint density at radius 2 is 2.20 bits per heavy atom. The van der Waals surface area contributed by atoms with E-state index in [1.807, 2.05) is 5.38 Å². The Morgan fingerprint density at radius 3 is 2.92 bits per heavy atom. The van der Waals surface area contributed by atoms with E-state index in [1.54, 1.807) is 42.8 Å². The molecule has 0 spiro atoms. The third-order valence-corrected chi connectivity index (χ3v) is 5.36. The second-order valence-corrected chi connectivity index (χ2v) is 7.09. The number of rotatable bonds is 4. The first kappa shape index (κ1) is 15.8. The van der Waals surface area contributed by atoms with Crippen LogP contribution in [-0.4, -0.2) is 15.9 Å². The molecule has 4 rings (SSSR count). The van der Waals surface area contributed by atoms with Crippen molar-refractivity contribution in [2.24, 2.45) is 0 Å². The van der Waals surface area contributed by atoms with Crippen LogP contribution in [0.4, 0.5) is 0 Å². The molecule has 6 nitrogen and oxygen atoms in total. The predicted octanol–water partition coefficient (Wildman–Crippen LogP) is 4.22. The lowest BCUT2D eigenvalue weighted by atomic mass is 10.2. The zero-order valence-corrected chi connectivity index (χ0v) is 14.6. The fourth-order valence-electron chi connectivity index (χ4n) is 2.44. The minimum Gasteiger partial charge on any atom is -0.464 e. The molecule has 4 aromatic rings. The van der Waals surface area contributed by atoms with E-state index in [0.717, 1.165) is 0 Å². The summed E-state index contributed by atoms with van der Waals surface area (Å²) in [5, 5.41) is 4.10. The fourth-order valence-corrected chi connectivity index (χ4v) is 3.98. The molecule has 0 aliphatic heterocycles. The summed E-state index contributed by atoms with van der Waals surface area (Å²) in [6, 6.07) is 7.02. The van der Waals surface area contributed by atoms with Crippen LogP contribution < -0.4 is 5.56 Å². The summed E-state index contributed by atoms with van der Waals surface area (Å²) in [5.41, 5.74) is 0.417. The first-order valence-electron chi connectivity index (χ1n) is 7.43. The molecule has 25 heavy (non-hydrogen) atoms. The van der Waals surface area contributed by atoms with Gasteiger partial charge in [0.2, 0.25) is 0 Å². The molecule has 0 radical (unpaired) electrons. The highest BCUT2D eigenvalue weighted by molar-refractivity contribution is 7.17. The summed E-state index contributed by atoms with van der Waals surface area (Å²) in [7, 11) is 0. The molecule has 1 N–H and O–H groups in total. The lowest BCUT2D eigenvalue weighted by molar-refractivity contribution is 0.0326. The summed E-state index contributed by atoms with van der Waals surface area (Å²) in [4.78, 5) is 32.8. The summed E-state index contributed by atoms with van der Waals surface area (Å²) in [6.45, 7) is 1.68. The number of hydrogen-bond donors (Lipinski definition) is 1. The van der Waals surface area contributed by atoms with Crippen LogP contribution in [0.2, 0.25) is 0 Å². The number of hydrogen-bond acceptors (Lipinski definition) is 7. The van der Waals surface area contributed by atoms with E-state index in [2.05, 4.69) is 9.97 Å². The van der Waals surface area contributed by atoms with Crippen molar-refractivity contribution in [1.29, 1.82) is 0 Å². The number of carbonyl (C=O) groups is 1. The average molecular weight is 372 g/mol. The van der Waals surface area contributed by atoms with Crippen LogP contribution >= 0.6 is 22.7 Å². The van der Waals surface area contributed by atoms with Crippen LogP contribution in [0.5, 0.6) is 0 Å². The van der Waals surface area contributed by atoms with Gasteiger partial charge in [-0.2, -0.15) is 0 Å². The van der Waals surface area contributed by atoms with Crippen molar-refractivity contribution in [3.8, 4) is 11.3 Å². The second-order valence-electron chi connectivity index (χ2n) is 5.28. The summed E-state index contributed by atoms with van der Waals surface area (Å²) >= 11 is 2.65. The largest absolute Gasteiger partial charge is 0.464 e. The number of nitrogens with zero attached hydrogens (tertiary/aromatic N) is 1. The maximum Gasteiger partial charge on any atom is 0.349 e. The Labute approximate surface area is 149 Å². The van der Waals surface area contributed by atoms with E-state index in [4.69, 9.17) is 9.15 Å². The van der Waals surface area contributed by atoms with Crippen molar-refractivity contribution in [1.82, 2.24) is 9.97 Å². The molecular formula is C17H12N2O4S2. The molecule has 8 heteroatoms. The minimum atomic E-state index is -0.666. The van der Waals surface area contributed by atoms with Gasteiger partial charge in [0.25, 0.3) is 5.56 Å². The number of H-pyrrole nitrogens is 1. The zero-order chi connectivity index (χ0) is 17.4. The van der Waals surface area contributed by atoms with Gasteiger partial charge in [-0.3, -0.25) is 4.79 Å². The second kappa shape index (κ2) is 6.30. The SMILES string of the molecule is C[C@H](OC(=O)c1cccs1)c1nc2scc(-c3ccco3)c2c(=O)[nH]1. The molecule has 0 fully saturated rings. The molecule has 4 heterocycles. The molecule has 0 amide bonds. The first-order chi connectivity index (χ1) is 12.1.